The third-order valence-electron chi connectivity index (χ3n) is 15.6. The van der Waals surface area contributed by atoms with Gasteiger partial charge >= 0.3 is 11.9 Å². The number of aliphatic hydroxyl groups excluding tert-OH is 2. The molecule has 4 heterocycles. The van der Waals surface area contributed by atoms with Crippen LogP contribution >= 0.6 is 0 Å². The van der Waals surface area contributed by atoms with Gasteiger partial charge in [-0.15, -0.1) is 0 Å². The number of nitrogens with zero attached hydrogens (tertiary/aromatic N) is 4. The highest BCUT2D eigenvalue weighted by molar-refractivity contribution is 6.05. The second-order valence-electron chi connectivity index (χ2n) is 22.9. The average Bonchev–Trinajstić information content (AvgIpc) is 4.08. The first-order valence-electron chi connectivity index (χ1n) is 27.6. The van der Waals surface area contributed by atoms with Gasteiger partial charge in [0.2, 0.25) is 35.4 Å². The monoisotopic (exact) mass is 1080 g/mol. The van der Waals surface area contributed by atoms with E-state index < -0.39 is 150 Å². The zero-order chi connectivity index (χ0) is 57.3. The average molecular weight is 1080 g/mol. The molecule has 13 atom stereocenters. The van der Waals surface area contributed by atoms with Crippen molar-refractivity contribution in [2.75, 3.05) is 20.1 Å². The molecule has 77 heavy (non-hydrogen) atoms. The van der Waals surface area contributed by atoms with E-state index in [9.17, 15) is 53.4 Å². The van der Waals surface area contributed by atoms with Crippen LogP contribution in [0.2, 0.25) is 0 Å². The van der Waals surface area contributed by atoms with Gasteiger partial charge in [-0.3, -0.25) is 43.2 Å². The molecule has 0 radical (unpaired) electrons. The SMILES string of the molecule is CCC(C)C1NC(=O)[C@@H](NC(=O)[C@H](CC(C)C)N(C)C(=O)[C@@H]2CCCN2C(=O)[C@@H](C)O)[C@@H](C)OC(=O)C2Cc3ccccc3CN2C(=O)[C@@H]2CCCN2C(=O)[C@H](CC(C)C)NC(=O)C(C)C(=O)C(C(C)C)OC(=O)CC1O. The number of ether oxygens (including phenoxy) is 2. The Morgan fingerprint density at radius 1 is 0.805 bits per heavy atom. The number of hydrogen-bond donors (Lipinski definition) is 5. The number of aliphatic hydroxyl groups is 2. The first-order valence-corrected chi connectivity index (χ1v) is 27.6. The third kappa shape index (κ3) is 15.0. The Kier molecular flexibility index (Phi) is 21.8. The largest absolute Gasteiger partial charge is 0.458 e. The number of Topliss-reactive ketones (excluding diaryl/α,β-unsaturated/α-hetero) is 1. The minimum absolute atomic E-state index is 0.00975. The predicted molar refractivity (Wildman–Crippen MR) is 281 cm³/mol. The summed E-state index contributed by atoms with van der Waals surface area (Å²) in [5.41, 5.74) is 1.50. The first kappa shape index (κ1) is 61.9. The van der Waals surface area contributed by atoms with E-state index in [0.717, 1.165) is 11.1 Å². The molecule has 5 N–H and O–H groups in total. The highest BCUT2D eigenvalue weighted by atomic mass is 16.6. The number of rotatable bonds is 12. The summed E-state index contributed by atoms with van der Waals surface area (Å²) in [6.45, 7) is 18.5. The summed E-state index contributed by atoms with van der Waals surface area (Å²) in [6.07, 6.45) is -4.65. The van der Waals surface area contributed by atoms with Gasteiger partial charge in [-0.1, -0.05) is 86.1 Å². The van der Waals surface area contributed by atoms with Crippen molar-refractivity contribution in [2.24, 2.45) is 29.6 Å². The van der Waals surface area contributed by atoms with Gasteiger partial charge in [0, 0.05) is 33.1 Å². The molecule has 0 aliphatic carbocycles. The van der Waals surface area contributed by atoms with Gasteiger partial charge in [0.25, 0.3) is 5.91 Å². The number of fused-ring (bicyclic) bond motifs is 3. The molecule has 7 amide bonds. The van der Waals surface area contributed by atoms with E-state index in [1.165, 1.54) is 47.4 Å². The minimum atomic E-state index is -1.73. The summed E-state index contributed by atoms with van der Waals surface area (Å²) in [5, 5.41) is 30.3. The van der Waals surface area contributed by atoms with E-state index in [1.807, 2.05) is 39.8 Å². The molecule has 0 aromatic heterocycles. The van der Waals surface area contributed by atoms with Crippen molar-refractivity contribution in [1.82, 2.24) is 35.6 Å². The summed E-state index contributed by atoms with van der Waals surface area (Å²) in [4.78, 5) is 149. The van der Waals surface area contributed by atoms with Crippen molar-refractivity contribution in [1.29, 1.82) is 0 Å². The van der Waals surface area contributed by atoms with Gasteiger partial charge in [-0.25, -0.2) is 4.79 Å². The Hall–Kier alpha value is -5.96. The van der Waals surface area contributed by atoms with E-state index in [-0.39, 0.29) is 63.6 Å². The van der Waals surface area contributed by atoms with Crippen molar-refractivity contribution in [3.8, 4) is 0 Å². The molecule has 0 saturated carbocycles. The topological polar surface area (TPSA) is 279 Å². The van der Waals surface area contributed by atoms with Crippen molar-refractivity contribution < 1.29 is 67.6 Å². The number of esters is 2. The number of cyclic esters (lactones) is 2. The van der Waals surface area contributed by atoms with E-state index in [4.69, 9.17) is 9.47 Å². The Balaban J connectivity index is 1.61. The fourth-order valence-corrected chi connectivity index (χ4v) is 10.9. The lowest BCUT2D eigenvalue weighted by Gasteiger charge is -2.40. The molecule has 4 aliphatic rings. The Labute approximate surface area is 453 Å². The van der Waals surface area contributed by atoms with Gasteiger partial charge in [0.15, 0.2) is 11.9 Å². The minimum Gasteiger partial charge on any atom is -0.458 e. The normalized spacial score (nSPS) is 28.7. The maximum Gasteiger partial charge on any atom is 0.329 e. The quantitative estimate of drug-likeness (QED) is 0.148. The second kappa shape index (κ2) is 27.1. The standard InChI is InChI=1S/C56H85N7O14/c1-13-32(8)45-43(65)27-44(66)77-48(31(6)7)47(67)33(9)49(68)57-38(24-29(2)3)53(72)62-23-17-21-40(62)55(74)63-28-37-19-15-14-18-36(37)26-42(63)56(75)76-35(11)46(51(70)58-45)59-50(69)41(25-30(4)5)60(12)54(73)39-20-16-22-61(39)52(71)34(10)64/h14-15,18-19,29-35,38-43,45-46,48,64-65H,13,16-17,20-28H2,1-12H3,(H,57,68)(H,58,70)(H,59,69)/t32?,33?,34-,35-,38+,39+,40+,41+,42?,43?,45?,46+,48?/m1/s1. The molecule has 3 saturated heterocycles. The first-order chi connectivity index (χ1) is 36.2. The van der Waals surface area contributed by atoms with Crippen LogP contribution in [0.4, 0.5) is 0 Å². The number of benzene rings is 1. The molecule has 21 nitrogen and oxygen atoms in total. The van der Waals surface area contributed by atoms with Gasteiger partial charge in [0.05, 0.1) is 24.5 Å². The predicted octanol–water partition coefficient (Wildman–Crippen LogP) is 2.19. The van der Waals surface area contributed by atoms with Crippen LogP contribution in [0.15, 0.2) is 24.3 Å². The fraction of sp³-hybridized carbons (Fsp3) is 0.714. The van der Waals surface area contributed by atoms with Gasteiger partial charge < -0.3 is 55.2 Å². The number of ketones is 1. The molecular formula is C56H85N7O14. The third-order valence-corrected chi connectivity index (χ3v) is 15.6. The van der Waals surface area contributed by atoms with Crippen LogP contribution in [0.1, 0.15) is 139 Å². The molecule has 3 fully saturated rings. The number of amides is 7. The lowest BCUT2D eigenvalue weighted by molar-refractivity contribution is -0.164. The van der Waals surface area contributed by atoms with Gasteiger partial charge in [0.1, 0.15) is 48.5 Å². The van der Waals surface area contributed by atoms with Gasteiger partial charge in [-0.2, -0.15) is 0 Å². The van der Waals surface area contributed by atoms with E-state index >= 15 is 4.79 Å². The van der Waals surface area contributed by atoms with E-state index in [2.05, 4.69) is 16.0 Å². The Morgan fingerprint density at radius 2 is 1.45 bits per heavy atom. The van der Waals surface area contributed by atoms with Crippen LogP contribution in [0, 0.1) is 29.6 Å². The lowest BCUT2D eigenvalue weighted by atomic mass is 9.91. The van der Waals surface area contributed by atoms with Crippen LogP contribution in [-0.4, -0.2) is 176 Å². The number of likely N-dealkylation sites (tertiary alicyclic amines) is 1. The van der Waals surface area contributed by atoms with Crippen LogP contribution in [0.5, 0.6) is 0 Å². The van der Waals surface area contributed by atoms with Crippen molar-refractivity contribution >= 4 is 59.1 Å². The Bertz CT molecular complexity index is 2340. The summed E-state index contributed by atoms with van der Waals surface area (Å²) < 4.78 is 11.9. The second-order valence-corrected chi connectivity index (χ2v) is 22.9. The molecule has 5 rings (SSSR count). The molecule has 0 spiro atoms. The number of likely N-dealkylation sites (N-methyl/N-ethyl adjacent to an activating group) is 1. The highest BCUT2D eigenvalue weighted by Crippen LogP contribution is 2.31. The molecular weight excluding hydrogens is 995 g/mol. The summed E-state index contributed by atoms with van der Waals surface area (Å²) in [5.74, 6) is -10.4. The zero-order valence-corrected chi connectivity index (χ0v) is 47.1. The molecule has 1 aromatic carbocycles. The van der Waals surface area contributed by atoms with Crippen molar-refractivity contribution in [2.45, 2.75) is 207 Å². The molecule has 4 aliphatic heterocycles. The highest BCUT2D eigenvalue weighted by Gasteiger charge is 2.47. The van der Waals surface area contributed by atoms with Gasteiger partial charge in [-0.05, 0) is 94.1 Å². The lowest BCUT2D eigenvalue weighted by Crippen LogP contribution is -2.62. The number of carbonyl (C=O) groups is 10. The maximum atomic E-state index is 15.1. The molecule has 1 aromatic rings. The smallest absolute Gasteiger partial charge is 0.329 e. The summed E-state index contributed by atoms with van der Waals surface area (Å²) >= 11 is 0. The molecule has 6 unspecified atom stereocenters. The molecule has 21 heteroatoms. The van der Waals surface area contributed by atoms with Crippen LogP contribution in [0.3, 0.4) is 0 Å². The number of hydrogen-bond acceptors (Lipinski definition) is 14. The van der Waals surface area contributed by atoms with E-state index in [0.29, 0.717) is 19.3 Å². The summed E-state index contributed by atoms with van der Waals surface area (Å²) in [7, 11) is 1.41. The van der Waals surface area contributed by atoms with Crippen molar-refractivity contribution in [3.05, 3.63) is 35.4 Å². The number of carbonyl (C=O) groups excluding carboxylic acids is 10. The maximum absolute atomic E-state index is 15.1. The van der Waals surface area contributed by atoms with Crippen LogP contribution < -0.4 is 16.0 Å². The fourth-order valence-electron chi connectivity index (χ4n) is 10.9. The van der Waals surface area contributed by atoms with Crippen LogP contribution in [0.25, 0.3) is 0 Å². The molecule has 0 bridgehead atoms. The zero-order valence-electron chi connectivity index (χ0n) is 47.1. The van der Waals surface area contributed by atoms with E-state index in [1.54, 1.807) is 39.8 Å². The molecule has 428 valence electrons. The summed E-state index contributed by atoms with van der Waals surface area (Å²) in [6, 6.07) is -1.40. The van der Waals surface area contributed by atoms with Crippen LogP contribution in [-0.2, 0) is 70.4 Å². The number of nitrogens with one attached hydrogen (secondary N) is 3. The Morgan fingerprint density at radius 3 is 2.06 bits per heavy atom. The van der Waals surface area contributed by atoms with Crippen molar-refractivity contribution in [3.63, 3.8) is 0 Å².